The summed E-state index contributed by atoms with van der Waals surface area (Å²) in [6, 6.07) is 23.1. The highest BCUT2D eigenvalue weighted by molar-refractivity contribution is 5.22. The third kappa shape index (κ3) is 3.95. The molecule has 22 heavy (non-hydrogen) atoms. The zero-order chi connectivity index (χ0) is 15.2. The lowest BCUT2D eigenvalue weighted by Gasteiger charge is -2.07. The third-order valence-corrected chi connectivity index (χ3v) is 3.61. The summed E-state index contributed by atoms with van der Waals surface area (Å²) in [7, 11) is 0. The first-order valence-electron chi connectivity index (χ1n) is 7.56. The molecule has 0 N–H and O–H groups in total. The minimum atomic E-state index is 0.725. The van der Waals surface area contributed by atoms with E-state index in [2.05, 4.69) is 77.4 Å². The Bertz CT molecular complexity index is 781. The molecule has 0 atom stereocenters. The Hall–Kier alpha value is -2.61. The van der Waals surface area contributed by atoms with Crippen LogP contribution in [-0.4, -0.2) is 4.57 Å². The van der Waals surface area contributed by atoms with Crippen LogP contribution in [0.2, 0.25) is 0 Å². The summed E-state index contributed by atoms with van der Waals surface area (Å²) in [5, 5.41) is 1.02. The monoisotopic (exact) mass is 288 g/mol. The number of hydrogen-bond acceptors (Lipinski definition) is 1. The molecule has 0 aliphatic heterocycles. The van der Waals surface area contributed by atoms with Gasteiger partial charge in [0.15, 0.2) is 0 Å². The van der Waals surface area contributed by atoms with Gasteiger partial charge in [-0.3, -0.25) is 4.99 Å². The van der Waals surface area contributed by atoms with Gasteiger partial charge in [0, 0.05) is 18.9 Å². The highest BCUT2D eigenvalue weighted by Gasteiger charge is 1.94. The van der Waals surface area contributed by atoms with Gasteiger partial charge in [-0.05, 0) is 30.2 Å². The number of hydrogen-bond donors (Lipinski definition) is 0. The van der Waals surface area contributed by atoms with Crippen LogP contribution in [-0.2, 0) is 13.1 Å². The molecular weight excluding hydrogens is 268 g/mol. The summed E-state index contributed by atoms with van der Waals surface area (Å²) in [6.07, 6.45) is 4.18. The van der Waals surface area contributed by atoms with Gasteiger partial charge in [-0.2, -0.15) is 0 Å². The van der Waals surface area contributed by atoms with E-state index in [1.165, 1.54) is 16.7 Å². The van der Waals surface area contributed by atoms with E-state index < -0.39 is 0 Å². The Morgan fingerprint density at radius 1 is 0.818 bits per heavy atom. The second kappa shape index (κ2) is 6.90. The lowest BCUT2D eigenvalue weighted by molar-refractivity contribution is 0.785. The molecule has 0 aliphatic rings. The molecule has 3 rings (SSSR count). The molecule has 0 spiro atoms. The fourth-order valence-corrected chi connectivity index (χ4v) is 2.45. The molecule has 0 radical (unpaired) electrons. The molecule has 3 aromatic rings. The smallest absolute Gasteiger partial charge is 0.0646 e. The molecule has 0 bridgehead atoms. The van der Waals surface area contributed by atoms with Gasteiger partial charge in [0.2, 0.25) is 0 Å². The van der Waals surface area contributed by atoms with Gasteiger partial charge in [0.25, 0.3) is 0 Å². The van der Waals surface area contributed by atoms with E-state index in [0.29, 0.717) is 0 Å². The summed E-state index contributed by atoms with van der Waals surface area (Å²) >= 11 is 0. The summed E-state index contributed by atoms with van der Waals surface area (Å²) < 4.78 is 2.18. The highest BCUT2D eigenvalue weighted by atomic mass is 14.9. The van der Waals surface area contributed by atoms with Crippen molar-refractivity contribution in [3.8, 4) is 0 Å². The molecule has 110 valence electrons. The Morgan fingerprint density at radius 3 is 2.27 bits per heavy atom. The van der Waals surface area contributed by atoms with Crippen LogP contribution < -0.4 is 5.36 Å². The van der Waals surface area contributed by atoms with Crippen molar-refractivity contribution in [3.05, 3.63) is 101 Å². The predicted octanol–water partition coefficient (Wildman–Crippen LogP) is 3.95. The maximum atomic E-state index is 4.63. The fourth-order valence-electron chi connectivity index (χ4n) is 2.45. The standard InChI is InChI=1S/C20H20N2/c1-17-6-5-9-19(14-17)16-22-12-10-20(11-13-22)21-15-18-7-3-2-4-8-18/h2-14H,15-16H2,1H3. The molecule has 2 heteroatoms. The Morgan fingerprint density at radius 2 is 1.55 bits per heavy atom. The normalized spacial score (nSPS) is 10.4. The van der Waals surface area contributed by atoms with Crippen LogP contribution in [0.3, 0.4) is 0 Å². The average molecular weight is 288 g/mol. The molecule has 0 aliphatic carbocycles. The van der Waals surface area contributed by atoms with Gasteiger partial charge in [-0.25, -0.2) is 0 Å². The number of pyridine rings is 1. The second-order valence-corrected chi connectivity index (χ2v) is 5.52. The molecular formula is C20H20N2. The van der Waals surface area contributed by atoms with Crippen LogP contribution in [0.5, 0.6) is 0 Å². The van der Waals surface area contributed by atoms with Gasteiger partial charge < -0.3 is 4.57 Å². The van der Waals surface area contributed by atoms with Crippen LogP contribution >= 0.6 is 0 Å². The Labute approximate surface area is 131 Å². The van der Waals surface area contributed by atoms with E-state index in [1.807, 2.05) is 18.2 Å². The summed E-state index contributed by atoms with van der Waals surface area (Å²) in [6.45, 7) is 3.74. The Balaban J connectivity index is 1.70. The number of rotatable bonds is 4. The van der Waals surface area contributed by atoms with Gasteiger partial charge in [-0.15, -0.1) is 0 Å². The van der Waals surface area contributed by atoms with Crippen molar-refractivity contribution >= 4 is 0 Å². The number of benzene rings is 2. The summed E-state index contributed by atoms with van der Waals surface area (Å²) in [5.41, 5.74) is 3.85. The molecule has 0 amide bonds. The lowest BCUT2D eigenvalue weighted by atomic mass is 10.1. The van der Waals surface area contributed by atoms with Crippen molar-refractivity contribution in [1.82, 2.24) is 4.57 Å². The zero-order valence-electron chi connectivity index (χ0n) is 12.8. The zero-order valence-corrected chi connectivity index (χ0v) is 12.8. The first-order chi connectivity index (χ1) is 10.8. The maximum absolute atomic E-state index is 4.63. The van der Waals surface area contributed by atoms with Crippen LogP contribution in [0.15, 0.2) is 84.1 Å². The largest absolute Gasteiger partial charge is 0.350 e. The summed E-state index contributed by atoms with van der Waals surface area (Å²) in [5.74, 6) is 0. The maximum Gasteiger partial charge on any atom is 0.0646 e. The molecule has 0 saturated carbocycles. The number of nitrogens with zero attached hydrogens (tertiary/aromatic N) is 2. The van der Waals surface area contributed by atoms with Crippen LogP contribution in [0.1, 0.15) is 16.7 Å². The van der Waals surface area contributed by atoms with E-state index in [-0.39, 0.29) is 0 Å². The predicted molar refractivity (Wildman–Crippen MR) is 90.4 cm³/mol. The van der Waals surface area contributed by atoms with Crippen molar-refractivity contribution < 1.29 is 0 Å². The van der Waals surface area contributed by atoms with Gasteiger partial charge in [0.1, 0.15) is 0 Å². The van der Waals surface area contributed by atoms with E-state index in [9.17, 15) is 0 Å². The van der Waals surface area contributed by atoms with Gasteiger partial charge in [0.05, 0.1) is 11.9 Å². The lowest BCUT2D eigenvalue weighted by Crippen LogP contribution is -2.07. The van der Waals surface area contributed by atoms with E-state index in [0.717, 1.165) is 18.4 Å². The number of aryl methyl sites for hydroxylation is 1. The minimum Gasteiger partial charge on any atom is -0.350 e. The van der Waals surface area contributed by atoms with Crippen molar-refractivity contribution in [3.63, 3.8) is 0 Å². The van der Waals surface area contributed by atoms with Crippen molar-refractivity contribution in [2.75, 3.05) is 0 Å². The Kier molecular flexibility index (Phi) is 4.50. The van der Waals surface area contributed by atoms with E-state index in [4.69, 9.17) is 0 Å². The van der Waals surface area contributed by atoms with Gasteiger partial charge >= 0.3 is 0 Å². The van der Waals surface area contributed by atoms with Crippen LogP contribution in [0, 0.1) is 6.92 Å². The van der Waals surface area contributed by atoms with Gasteiger partial charge in [-0.1, -0.05) is 60.2 Å². The first-order valence-corrected chi connectivity index (χ1v) is 7.56. The van der Waals surface area contributed by atoms with E-state index in [1.54, 1.807) is 0 Å². The summed E-state index contributed by atoms with van der Waals surface area (Å²) in [4.78, 5) is 4.63. The minimum absolute atomic E-state index is 0.725. The third-order valence-electron chi connectivity index (χ3n) is 3.61. The van der Waals surface area contributed by atoms with E-state index >= 15 is 0 Å². The molecule has 1 aromatic heterocycles. The second-order valence-electron chi connectivity index (χ2n) is 5.52. The molecule has 0 unspecified atom stereocenters. The molecule has 1 heterocycles. The highest BCUT2D eigenvalue weighted by Crippen LogP contribution is 2.05. The molecule has 0 saturated heterocycles. The number of aromatic nitrogens is 1. The fraction of sp³-hybridized carbons (Fsp3) is 0.150. The molecule has 2 aromatic carbocycles. The molecule has 2 nitrogen and oxygen atoms in total. The van der Waals surface area contributed by atoms with Crippen molar-refractivity contribution in [1.29, 1.82) is 0 Å². The van der Waals surface area contributed by atoms with Crippen LogP contribution in [0.4, 0.5) is 0 Å². The molecule has 0 fully saturated rings. The van der Waals surface area contributed by atoms with Crippen LogP contribution in [0.25, 0.3) is 0 Å². The van der Waals surface area contributed by atoms with Crippen molar-refractivity contribution in [2.45, 2.75) is 20.0 Å². The van der Waals surface area contributed by atoms with Crippen molar-refractivity contribution in [2.24, 2.45) is 4.99 Å². The quantitative estimate of drug-likeness (QED) is 0.692. The topological polar surface area (TPSA) is 17.3 Å². The SMILES string of the molecule is Cc1cccc(Cn2ccc(=NCc3ccccc3)cc2)c1. The first kappa shape index (κ1) is 14.3. The average Bonchev–Trinajstić information content (AvgIpc) is 2.55.